The quantitative estimate of drug-likeness (QED) is 0.836. The van der Waals surface area contributed by atoms with Crippen molar-refractivity contribution < 1.29 is 18.0 Å². The maximum absolute atomic E-state index is 12.7. The summed E-state index contributed by atoms with van der Waals surface area (Å²) in [6.07, 6.45) is 0.717. The molecule has 26 heavy (non-hydrogen) atoms. The van der Waals surface area contributed by atoms with Crippen molar-refractivity contribution in [3.63, 3.8) is 0 Å². The van der Waals surface area contributed by atoms with Crippen LogP contribution in [0, 0.1) is 0 Å². The van der Waals surface area contributed by atoms with E-state index in [0.29, 0.717) is 24.3 Å². The maximum Gasteiger partial charge on any atom is 0.261 e. The van der Waals surface area contributed by atoms with E-state index >= 15 is 0 Å². The normalized spacial score (nSPS) is 13.8. The number of hydrogen-bond donors (Lipinski definition) is 1. The van der Waals surface area contributed by atoms with Gasteiger partial charge in [-0.3, -0.25) is 14.3 Å². The SMILES string of the molecule is CC(=O)c1ccc(NS(=O)(=O)c2ccc3c(c2)CN(C(C)=O)CC3)cc1. The highest BCUT2D eigenvalue weighted by atomic mass is 32.2. The summed E-state index contributed by atoms with van der Waals surface area (Å²) in [6.45, 7) is 4.03. The zero-order valence-corrected chi connectivity index (χ0v) is 15.5. The van der Waals surface area contributed by atoms with Gasteiger partial charge in [-0.2, -0.15) is 0 Å². The Morgan fingerprint density at radius 2 is 1.69 bits per heavy atom. The average Bonchev–Trinajstić information content (AvgIpc) is 2.60. The Morgan fingerprint density at radius 1 is 1.00 bits per heavy atom. The van der Waals surface area contributed by atoms with Crippen molar-refractivity contribution in [2.45, 2.75) is 31.7 Å². The molecule has 2 aromatic carbocycles. The summed E-state index contributed by atoms with van der Waals surface area (Å²) < 4.78 is 27.8. The number of fused-ring (bicyclic) bond motifs is 1. The van der Waals surface area contributed by atoms with Crippen LogP contribution < -0.4 is 4.72 Å². The summed E-state index contributed by atoms with van der Waals surface area (Å²) in [5.41, 5.74) is 2.82. The van der Waals surface area contributed by atoms with E-state index in [1.54, 1.807) is 47.4 Å². The number of anilines is 1. The number of amides is 1. The van der Waals surface area contributed by atoms with Crippen molar-refractivity contribution in [1.29, 1.82) is 0 Å². The molecule has 0 saturated heterocycles. The van der Waals surface area contributed by atoms with Gasteiger partial charge in [-0.15, -0.1) is 0 Å². The van der Waals surface area contributed by atoms with Crippen LogP contribution >= 0.6 is 0 Å². The van der Waals surface area contributed by atoms with Gasteiger partial charge < -0.3 is 4.90 Å². The van der Waals surface area contributed by atoms with Gasteiger partial charge in [0.2, 0.25) is 5.91 Å². The smallest absolute Gasteiger partial charge is 0.261 e. The molecule has 6 nitrogen and oxygen atoms in total. The maximum atomic E-state index is 12.7. The number of ketones is 1. The fourth-order valence-electron chi connectivity index (χ4n) is 2.96. The third-order valence-electron chi connectivity index (χ3n) is 4.49. The van der Waals surface area contributed by atoms with Crippen LogP contribution in [-0.2, 0) is 27.8 Å². The van der Waals surface area contributed by atoms with Crippen LogP contribution in [0.5, 0.6) is 0 Å². The molecule has 0 atom stereocenters. The number of benzene rings is 2. The minimum atomic E-state index is -3.76. The van der Waals surface area contributed by atoms with Crippen molar-refractivity contribution in [2.24, 2.45) is 0 Å². The van der Waals surface area contributed by atoms with Crippen LogP contribution in [-0.4, -0.2) is 31.6 Å². The van der Waals surface area contributed by atoms with Gasteiger partial charge in [0.05, 0.1) is 4.90 Å². The molecule has 7 heteroatoms. The Hall–Kier alpha value is -2.67. The molecule has 1 heterocycles. The zero-order chi connectivity index (χ0) is 18.9. The Bertz CT molecular complexity index is 966. The fraction of sp³-hybridized carbons (Fsp3) is 0.263. The van der Waals surface area contributed by atoms with Crippen LogP contribution in [0.1, 0.15) is 35.3 Å². The molecule has 0 spiro atoms. The Labute approximate surface area is 152 Å². The first kappa shape index (κ1) is 18.1. The van der Waals surface area contributed by atoms with Crippen molar-refractivity contribution >= 4 is 27.4 Å². The van der Waals surface area contributed by atoms with Crippen LogP contribution in [0.2, 0.25) is 0 Å². The van der Waals surface area contributed by atoms with Gasteiger partial charge in [-0.25, -0.2) is 8.42 Å². The number of carbonyl (C=O) groups is 2. The Morgan fingerprint density at radius 3 is 2.31 bits per heavy atom. The number of nitrogens with one attached hydrogen (secondary N) is 1. The molecule has 1 N–H and O–H groups in total. The van der Waals surface area contributed by atoms with E-state index in [2.05, 4.69) is 4.72 Å². The lowest BCUT2D eigenvalue weighted by molar-refractivity contribution is -0.129. The summed E-state index contributed by atoms with van der Waals surface area (Å²) in [4.78, 5) is 24.7. The zero-order valence-electron chi connectivity index (χ0n) is 14.7. The molecule has 0 unspecified atom stereocenters. The number of hydrogen-bond acceptors (Lipinski definition) is 4. The van der Waals surface area contributed by atoms with Gasteiger partial charge in [0, 0.05) is 31.3 Å². The van der Waals surface area contributed by atoms with Gasteiger partial charge in [0.25, 0.3) is 10.0 Å². The Balaban J connectivity index is 1.84. The number of rotatable bonds is 4. The molecule has 1 aliphatic rings. The van der Waals surface area contributed by atoms with Gasteiger partial charge in [-0.05, 0) is 60.9 Å². The predicted octanol–water partition coefficient (Wildman–Crippen LogP) is 2.59. The van der Waals surface area contributed by atoms with E-state index in [1.807, 2.05) is 0 Å². The van der Waals surface area contributed by atoms with Gasteiger partial charge in [0.1, 0.15) is 0 Å². The second-order valence-corrected chi connectivity index (χ2v) is 8.04. The van der Waals surface area contributed by atoms with Gasteiger partial charge in [-0.1, -0.05) is 6.07 Å². The first-order valence-corrected chi connectivity index (χ1v) is 9.76. The molecule has 136 valence electrons. The second-order valence-electron chi connectivity index (χ2n) is 6.36. The van der Waals surface area contributed by atoms with Crippen LogP contribution in [0.15, 0.2) is 47.4 Å². The lowest BCUT2D eigenvalue weighted by Crippen LogP contribution is -2.34. The highest BCUT2D eigenvalue weighted by Gasteiger charge is 2.21. The highest BCUT2D eigenvalue weighted by Crippen LogP contribution is 2.24. The molecule has 0 aromatic heterocycles. The number of carbonyl (C=O) groups excluding carboxylic acids is 2. The van der Waals surface area contributed by atoms with E-state index < -0.39 is 10.0 Å². The highest BCUT2D eigenvalue weighted by molar-refractivity contribution is 7.92. The number of Topliss-reactive ketones (excluding diaryl/α,β-unsaturated/α-hetero) is 1. The van der Waals surface area contributed by atoms with Crippen LogP contribution in [0.25, 0.3) is 0 Å². The van der Waals surface area contributed by atoms with Crippen molar-refractivity contribution in [3.8, 4) is 0 Å². The van der Waals surface area contributed by atoms with Gasteiger partial charge >= 0.3 is 0 Å². The first-order valence-electron chi connectivity index (χ1n) is 8.27. The molecule has 2 aromatic rings. The topological polar surface area (TPSA) is 83.6 Å². The first-order chi connectivity index (χ1) is 12.3. The summed E-state index contributed by atoms with van der Waals surface area (Å²) in [5.74, 6) is -0.100. The standard InChI is InChI=1S/C19H20N2O4S/c1-13(22)15-3-6-18(7-4-15)20-26(24,25)19-8-5-16-9-10-21(14(2)23)12-17(16)11-19/h3-8,11,20H,9-10,12H2,1-2H3. The van der Waals surface area contributed by atoms with Gasteiger partial charge in [0.15, 0.2) is 5.78 Å². The number of nitrogens with zero attached hydrogens (tertiary/aromatic N) is 1. The average molecular weight is 372 g/mol. The lowest BCUT2D eigenvalue weighted by Gasteiger charge is -2.28. The third-order valence-corrected chi connectivity index (χ3v) is 5.87. The van der Waals surface area contributed by atoms with E-state index in [4.69, 9.17) is 0 Å². The minimum absolute atomic E-state index is 0.0207. The van der Waals surface area contributed by atoms with Crippen LogP contribution in [0.3, 0.4) is 0 Å². The van der Waals surface area contributed by atoms with Crippen molar-refractivity contribution in [1.82, 2.24) is 4.90 Å². The van der Waals surface area contributed by atoms with Crippen molar-refractivity contribution in [2.75, 3.05) is 11.3 Å². The summed E-state index contributed by atoms with van der Waals surface area (Å²) in [6, 6.07) is 11.3. The summed E-state index contributed by atoms with van der Waals surface area (Å²) in [7, 11) is -3.76. The molecule has 0 fully saturated rings. The molecule has 0 aliphatic carbocycles. The monoisotopic (exact) mass is 372 g/mol. The Kier molecular flexibility index (Phi) is 4.82. The van der Waals surface area contributed by atoms with E-state index in [9.17, 15) is 18.0 Å². The lowest BCUT2D eigenvalue weighted by atomic mass is 10.00. The number of sulfonamides is 1. The summed E-state index contributed by atoms with van der Waals surface area (Å²) in [5, 5.41) is 0. The molecule has 0 bridgehead atoms. The molecule has 0 radical (unpaired) electrons. The van der Waals surface area contributed by atoms with E-state index in [1.165, 1.54) is 13.8 Å². The summed E-state index contributed by atoms with van der Waals surface area (Å²) >= 11 is 0. The molecule has 3 rings (SSSR count). The fourth-order valence-corrected chi connectivity index (χ4v) is 4.07. The molecule has 0 saturated carbocycles. The largest absolute Gasteiger partial charge is 0.338 e. The minimum Gasteiger partial charge on any atom is -0.338 e. The molecular formula is C19H20N2O4S. The predicted molar refractivity (Wildman–Crippen MR) is 98.5 cm³/mol. The second kappa shape index (κ2) is 6.92. The molecule has 1 aliphatic heterocycles. The third kappa shape index (κ3) is 3.77. The van der Waals surface area contributed by atoms with E-state index in [-0.39, 0.29) is 16.6 Å². The molecule has 1 amide bonds. The molecular weight excluding hydrogens is 352 g/mol. The van der Waals surface area contributed by atoms with E-state index in [0.717, 1.165) is 17.5 Å². The van der Waals surface area contributed by atoms with Crippen molar-refractivity contribution in [3.05, 3.63) is 59.2 Å². The van der Waals surface area contributed by atoms with Crippen LogP contribution in [0.4, 0.5) is 5.69 Å².